The fraction of sp³-hybridized carbons (Fsp3) is 0.667. The smallest absolute Gasteiger partial charge is 0.415 e. The van der Waals surface area contributed by atoms with Crippen LogP contribution < -0.4 is 0 Å². The van der Waals surface area contributed by atoms with Crippen molar-refractivity contribution in [1.29, 1.82) is 0 Å². The van der Waals surface area contributed by atoms with Gasteiger partial charge in [0.15, 0.2) is 11.2 Å². The molecule has 18 heavy (non-hydrogen) atoms. The third-order valence-corrected chi connectivity index (χ3v) is 2.75. The summed E-state index contributed by atoms with van der Waals surface area (Å²) in [7, 11) is 0. The third kappa shape index (κ3) is 5.15. The molecular formula is C15H22O3. The molecule has 0 aromatic heterocycles. The van der Waals surface area contributed by atoms with E-state index in [1.807, 2.05) is 13.8 Å². The molecular weight excluding hydrogens is 228 g/mol. The second-order valence-corrected chi connectivity index (χ2v) is 4.37. The van der Waals surface area contributed by atoms with Crippen LogP contribution in [0.3, 0.4) is 0 Å². The quantitative estimate of drug-likeness (QED) is 0.565. The van der Waals surface area contributed by atoms with Gasteiger partial charge in [0, 0.05) is 0 Å². The first-order valence-electron chi connectivity index (χ1n) is 6.14. The van der Waals surface area contributed by atoms with Gasteiger partial charge in [-0.2, -0.15) is 0 Å². The van der Waals surface area contributed by atoms with E-state index in [-0.39, 0.29) is 0 Å². The first kappa shape index (κ1) is 16.4. The second kappa shape index (κ2) is 6.97. The fourth-order valence-electron chi connectivity index (χ4n) is 1.29. The zero-order valence-electron chi connectivity index (χ0n) is 12.1. The van der Waals surface area contributed by atoms with Crippen molar-refractivity contribution in [1.82, 2.24) is 0 Å². The van der Waals surface area contributed by atoms with E-state index >= 15 is 0 Å². The molecule has 0 N–H and O–H groups in total. The van der Waals surface area contributed by atoms with Gasteiger partial charge < -0.3 is 9.47 Å². The van der Waals surface area contributed by atoms with Gasteiger partial charge in [-0.15, -0.1) is 11.8 Å². The first-order valence-corrected chi connectivity index (χ1v) is 6.14. The van der Waals surface area contributed by atoms with Gasteiger partial charge in [0.1, 0.15) is 0 Å². The van der Waals surface area contributed by atoms with E-state index in [2.05, 4.69) is 23.7 Å². The lowest BCUT2D eigenvalue weighted by Gasteiger charge is -2.26. The van der Waals surface area contributed by atoms with Gasteiger partial charge >= 0.3 is 6.16 Å². The maximum absolute atomic E-state index is 11.8. The molecule has 0 aliphatic rings. The van der Waals surface area contributed by atoms with Gasteiger partial charge in [-0.1, -0.05) is 25.7 Å². The monoisotopic (exact) mass is 250 g/mol. The van der Waals surface area contributed by atoms with Crippen LogP contribution >= 0.6 is 0 Å². The predicted octanol–water partition coefficient (Wildman–Crippen LogP) is 3.52. The number of rotatable bonds is 4. The highest BCUT2D eigenvalue weighted by Gasteiger charge is 2.30. The first-order chi connectivity index (χ1) is 8.34. The molecule has 100 valence electrons. The summed E-state index contributed by atoms with van der Waals surface area (Å²) in [6, 6.07) is 0. The number of ether oxygens (including phenoxy) is 2. The highest BCUT2D eigenvalue weighted by molar-refractivity contribution is 5.62. The molecule has 0 aliphatic carbocycles. The molecule has 0 saturated heterocycles. The van der Waals surface area contributed by atoms with Crippen molar-refractivity contribution in [2.75, 3.05) is 0 Å². The van der Waals surface area contributed by atoms with Crippen LogP contribution in [0.1, 0.15) is 54.4 Å². The maximum Gasteiger partial charge on any atom is 0.511 e. The SMILES string of the molecule is CC#CC(C)(CC)OC(=O)OC(C)(C#CC)CC. The van der Waals surface area contributed by atoms with E-state index in [4.69, 9.17) is 9.47 Å². The van der Waals surface area contributed by atoms with Crippen LogP contribution in [-0.2, 0) is 9.47 Å². The summed E-state index contributed by atoms with van der Waals surface area (Å²) in [5.74, 6) is 11.2. The van der Waals surface area contributed by atoms with E-state index in [1.165, 1.54) is 0 Å². The number of hydrogen-bond donors (Lipinski definition) is 0. The average molecular weight is 250 g/mol. The van der Waals surface area contributed by atoms with Crippen molar-refractivity contribution >= 4 is 6.16 Å². The molecule has 3 nitrogen and oxygen atoms in total. The normalized spacial score (nSPS) is 15.9. The molecule has 0 heterocycles. The average Bonchev–Trinajstić information content (AvgIpc) is 2.29. The fourth-order valence-corrected chi connectivity index (χ4v) is 1.29. The van der Waals surface area contributed by atoms with E-state index < -0.39 is 17.4 Å². The summed E-state index contributed by atoms with van der Waals surface area (Å²) in [5, 5.41) is 0. The third-order valence-electron chi connectivity index (χ3n) is 2.75. The second-order valence-electron chi connectivity index (χ2n) is 4.37. The zero-order valence-corrected chi connectivity index (χ0v) is 12.1. The number of carbonyl (C=O) groups excluding carboxylic acids is 1. The van der Waals surface area contributed by atoms with Gasteiger partial charge in [0.2, 0.25) is 0 Å². The highest BCUT2D eigenvalue weighted by atomic mass is 16.7. The van der Waals surface area contributed by atoms with Crippen LogP contribution in [0.2, 0.25) is 0 Å². The molecule has 0 aliphatic heterocycles. The molecule has 0 bridgehead atoms. The predicted molar refractivity (Wildman–Crippen MR) is 71.9 cm³/mol. The minimum absolute atomic E-state index is 0.602. The maximum atomic E-state index is 11.8. The Morgan fingerprint density at radius 3 is 1.50 bits per heavy atom. The lowest BCUT2D eigenvalue weighted by molar-refractivity contribution is -0.0359. The molecule has 0 spiro atoms. The molecule has 0 saturated carbocycles. The summed E-state index contributed by atoms with van der Waals surface area (Å²) in [6.45, 7) is 10.8. The van der Waals surface area contributed by atoms with Crippen LogP contribution in [0, 0.1) is 23.7 Å². The van der Waals surface area contributed by atoms with Crippen LogP contribution in [0.15, 0.2) is 0 Å². The van der Waals surface area contributed by atoms with Crippen molar-refractivity contribution < 1.29 is 14.3 Å². The van der Waals surface area contributed by atoms with Crippen molar-refractivity contribution in [3.8, 4) is 23.7 Å². The standard InChI is InChI=1S/C15H22O3/c1-7-11-14(5,9-3)17-13(16)18-15(6,10-4)12-8-2/h9-10H2,1-6H3. The molecule has 2 unspecified atom stereocenters. The largest absolute Gasteiger partial charge is 0.511 e. The summed E-state index contributed by atoms with van der Waals surface area (Å²) in [4.78, 5) is 11.8. The van der Waals surface area contributed by atoms with Crippen molar-refractivity contribution in [2.45, 2.75) is 65.6 Å². The van der Waals surface area contributed by atoms with Crippen molar-refractivity contribution in [2.24, 2.45) is 0 Å². The van der Waals surface area contributed by atoms with E-state index in [0.29, 0.717) is 12.8 Å². The van der Waals surface area contributed by atoms with Gasteiger partial charge in [-0.3, -0.25) is 0 Å². The minimum Gasteiger partial charge on any atom is -0.415 e. The number of carbonyl (C=O) groups is 1. The molecule has 2 atom stereocenters. The van der Waals surface area contributed by atoms with Crippen LogP contribution in [-0.4, -0.2) is 17.4 Å². The Morgan fingerprint density at radius 1 is 0.944 bits per heavy atom. The lowest BCUT2D eigenvalue weighted by Crippen LogP contribution is -2.35. The Bertz CT molecular complexity index is 367. The van der Waals surface area contributed by atoms with Crippen LogP contribution in [0.5, 0.6) is 0 Å². The molecule has 0 fully saturated rings. The Balaban J connectivity index is 4.76. The molecule has 0 amide bonds. The molecule has 0 radical (unpaired) electrons. The summed E-state index contributed by atoms with van der Waals surface area (Å²) >= 11 is 0. The van der Waals surface area contributed by atoms with E-state index in [9.17, 15) is 4.79 Å². The Morgan fingerprint density at radius 2 is 1.28 bits per heavy atom. The number of hydrogen-bond acceptors (Lipinski definition) is 3. The molecule has 3 heteroatoms. The highest BCUT2D eigenvalue weighted by Crippen LogP contribution is 2.20. The Labute approximate surface area is 110 Å². The minimum atomic E-state index is -0.805. The van der Waals surface area contributed by atoms with Gasteiger partial charge in [0.25, 0.3) is 0 Å². The van der Waals surface area contributed by atoms with Gasteiger partial charge in [0.05, 0.1) is 0 Å². The summed E-state index contributed by atoms with van der Waals surface area (Å²) in [6.07, 6.45) is 0.477. The van der Waals surface area contributed by atoms with Crippen LogP contribution in [0.25, 0.3) is 0 Å². The Kier molecular flexibility index (Phi) is 6.34. The van der Waals surface area contributed by atoms with E-state index in [0.717, 1.165) is 0 Å². The lowest BCUT2D eigenvalue weighted by atomic mass is 10.0. The zero-order chi connectivity index (χ0) is 14.2. The Hall–Kier alpha value is -1.61. The van der Waals surface area contributed by atoms with Gasteiger partial charge in [-0.05, 0) is 40.5 Å². The van der Waals surface area contributed by atoms with Gasteiger partial charge in [-0.25, -0.2) is 4.79 Å². The summed E-state index contributed by atoms with van der Waals surface area (Å²) in [5.41, 5.74) is -1.61. The van der Waals surface area contributed by atoms with E-state index in [1.54, 1.807) is 27.7 Å². The molecule has 0 rings (SSSR count). The van der Waals surface area contributed by atoms with Crippen molar-refractivity contribution in [3.05, 3.63) is 0 Å². The van der Waals surface area contributed by atoms with Crippen LogP contribution in [0.4, 0.5) is 4.79 Å². The summed E-state index contributed by atoms with van der Waals surface area (Å²) < 4.78 is 10.5. The van der Waals surface area contributed by atoms with Crippen molar-refractivity contribution in [3.63, 3.8) is 0 Å². The molecule has 0 aromatic carbocycles. The molecule has 0 aromatic rings. The topological polar surface area (TPSA) is 35.5 Å².